The number of carbonyl (C=O) groups is 1. The van der Waals surface area contributed by atoms with Crippen LogP contribution in [0.2, 0.25) is 0 Å². The Bertz CT molecular complexity index is 387. The lowest BCUT2D eigenvalue weighted by atomic mass is 9.72. The fourth-order valence-electron chi connectivity index (χ4n) is 2.09. The average molecular weight is 221 g/mol. The van der Waals surface area contributed by atoms with Crippen LogP contribution in [0.15, 0.2) is 28.5 Å². The van der Waals surface area contributed by atoms with Gasteiger partial charge < -0.3 is 5.21 Å². The minimum Gasteiger partial charge on any atom is -0.411 e. The van der Waals surface area contributed by atoms with Crippen molar-refractivity contribution in [2.24, 2.45) is 10.6 Å². The monoisotopic (exact) mass is 221 g/mol. The molecular weight excluding hydrogens is 202 g/mol. The first-order valence-corrected chi connectivity index (χ1v) is 5.50. The van der Waals surface area contributed by atoms with Crippen LogP contribution in [0.3, 0.4) is 0 Å². The van der Waals surface area contributed by atoms with Crippen LogP contribution in [0.4, 0.5) is 0 Å². The molecule has 0 aromatic carbocycles. The molecule has 0 aromatic rings. The van der Waals surface area contributed by atoms with E-state index in [2.05, 4.69) is 19.0 Å². The molecule has 88 valence electrons. The van der Waals surface area contributed by atoms with Crippen LogP contribution < -0.4 is 0 Å². The fraction of sp³-hybridized carbons (Fsp3) is 0.538. The molecule has 0 heterocycles. The second kappa shape index (κ2) is 4.64. The number of hydrogen-bond acceptors (Lipinski definition) is 3. The van der Waals surface area contributed by atoms with Gasteiger partial charge in [-0.05, 0) is 49.3 Å². The predicted octanol–water partition coefficient (Wildman–Crippen LogP) is 3.10. The minimum atomic E-state index is 0.0316. The zero-order chi connectivity index (χ0) is 12.3. The van der Waals surface area contributed by atoms with Crippen molar-refractivity contribution in [3.8, 4) is 0 Å². The van der Waals surface area contributed by atoms with E-state index in [-0.39, 0.29) is 11.2 Å². The summed E-state index contributed by atoms with van der Waals surface area (Å²) in [7, 11) is 0. The van der Waals surface area contributed by atoms with Gasteiger partial charge in [0.2, 0.25) is 0 Å². The molecule has 16 heavy (non-hydrogen) atoms. The van der Waals surface area contributed by atoms with E-state index in [1.807, 2.05) is 13.0 Å². The van der Waals surface area contributed by atoms with E-state index in [1.165, 1.54) is 6.92 Å². The molecule has 0 bridgehead atoms. The SMILES string of the molecule is CC(=O)/C=C/C1=C(C)C(=N\O)/CCC1(C)C. The normalized spacial score (nSPS) is 23.1. The molecule has 0 saturated carbocycles. The molecular formula is C13H19NO2. The second-order valence-electron chi connectivity index (χ2n) is 4.91. The lowest BCUT2D eigenvalue weighted by Gasteiger charge is -2.33. The molecule has 0 spiro atoms. The molecule has 1 aliphatic rings. The van der Waals surface area contributed by atoms with Crippen molar-refractivity contribution in [1.82, 2.24) is 0 Å². The lowest BCUT2D eigenvalue weighted by Crippen LogP contribution is -2.24. The van der Waals surface area contributed by atoms with Gasteiger partial charge in [0.15, 0.2) is 5.78 Å². The van der Waals surface area contributed by atoms with Crippen molar-refractivity contribution in [2.75, 3.05) is 0 Å². The quantitative estimate of drug-likeness (QED) is 0.442. The van der Waals surface area contributed by atoms with E-state index < -0.39 is 0 Å². The van der Waals surface area contributed by atoms with Crippen molar-refractivity contribution < 1.29 is 10.0 Å². The Morgan fingerprint density at radius 2 is 2.12 bits per heavy atom. The van der Waals surface area contributed by atoms with E-state index in [0.717, 1.165) is 29.7 Å². The van der Waals surface area contributed by atoms with E-state index in [9.17, 15) is 4.79 Å². The van der Waals surface area contributed by atoms with Crippen LogP contribution in [-0.4, -0.2) is 16.7 Å². The summed E-state index contributed by atoms with van der Waals surface area (Å²) in [6.45, 7) is 7.76. The molecule has 0 fully saturated rings. The zero-order valence-electron chi connectivity index (χ0n) is 10.4. The second-order valence-corrected chi connectivity index (χ2v) is 4.91. The summed E-state index contributed by atoms with van der Waals surface area (Å²) < 4.78 is 0. The molecule has 3 heteroatoms. The Morgan fingerprint density at radius 1 is 1.50 bits per heavy atom. The molecule has 1 aliphatic carbocycles. The highest BCUT2D eigenvalue weighted by molar-refractivity contribution is 6.01. The summed E-state index contributed by atoms with van der Waals surface area (Å²) in [5, 5.41) is 12.2. The van der Waals surface area contributed by atoms with E-state index >= 15 is 0 Å². The van der Waals surface area contributed by atoms with Crippen molar-refractivity contribution in [3.05, 3.63) is 23.3 Å². The van der Waals surface area contributed by atoms with Gasteiger partial charge >= 0.3 is 0 Å². The molecule has 3 nitrogen and oxygen atoms in total. The number of nitrogens with zero attached hydrogens (tertiary/aromatic N) is 1. The maximum Gasteiger partial charge on any atom is 0.152 e. The molecule has 0 radical (unpaired) electrons. The van der Waals surface area contributed by atoms with Gasteiger partial charge in [0, 0.05) is 0 Å². The third kappa shape index (κ3) is 2.60. The maximum absolute atomic E-state index is 11.0. The number of carbonyl (C=O) groups excluding carboxylic acids is 1. The van der Waals surface area contributed by atoms with Gasteiger partial charge in [-0.2, -0.15) is 0 Å². The first kappa shape index (κ1) is 12.7. The number of hydrogen-bond donors (Lipinski definition) is 1. The summed E-state index contributed by atoms with van der Waals surface area (Å²) in [4.78, 5) is 11.0. The summed E-state index contributed by atoms with van der Waals surface area (Å²) in [6.07, 6.45) is 5.14. The highest BCUT2D eigenvalue weighted by atomic mass is 16.4. The van der Waals surface area contributed by atoms with E-state index in [1.54, 1.807) is 6.08 Å². The topological polar surface area (TPSA) is 49.7 Å². The number of ketones is 1. The van der Waals surface area contributed by atoms with Gasteiger partial charge in [0.1, 0.15) is 0 Å². The molecule has 1 rings (SSSR count). The number of rotatable bonds is 2. The molecule has 0 saturated heterocycles. The molecule has 0 unspecified atom stereocenters. The first-order valence-electron chi connectivity index (χ1n) is 5.50. The third-order valence-electron chi connectivity index (χ3n) is 3.16. The zero-order valence-corrected chi connectivity index (χ0v) is 10.4. The van der Waals surface area contributed by atoms with Crippen molar-refractivity contribution in [3.63, 3.8) is 0 Å². The minimum absolute atomic E-state index is 0.0316. The molecule has 0 atom stereocenters. The lowest BCUT2D eigenvalue weighted by molar-refractivity contribution is -0.112. The smallest absolute Gasteiger partial charge is 0.152 e. The van der Waals surface area contributed by atoms with Crippen LogP contribution in [0.25, 0.3) is 0 Å². The van der Waals surface area contributed by atoms with Gasteiger partial charge in [0.25, 0.3) is 0 Å². The molecule has 0 aliphatic heterocycles. The Morgan fingerprint density at radius 3 is 2.62 bits per heavy atom. The van der Waals surface area contributed by atoms with Crippen LogP contribution >= 0.6 is 0 Å². The molecule has 1 N–H and O–H groups in total. The van der Waals surface area contributed by atoms with Gasteiger partial charge in [-0.1, -0.05) is 25.1 Å². The number of allylic oxidation sites excluding steroid dienone is 4. The predicted molar refractivity (Wildman–Crippen MR) is 64.8 cm³/mol. The van der Waals surface area contributed by atoms with Crippen LogP contribution in [0.5, 0.6) is 0 Å². The van der Waals surface area contributed by atoms with Crippen molar-refractivity contribution in [2.45, 2.75) is 40.5 Å². The fourth-order valence-corrected chi connectivity index (χ4v) is 2.09. The summed E-state index contributed by atoms with van der Waals surface area (Å²) >= 11 is 0. The largest absolute Gasteiger partial charge is 0.411 e. The van der Waals surface area contributed by atoms with Crippen LogP contribution in [-0.2, 0) is 4.79 Å². The summed E-state index contributed by atoms with van der Waals surface area (Å²) in [5.74, 6) is 0.0316. The van der Waals surface area contributed by atoms with Gasteiger partial charge in [-0.3, -0.25) is 4.79 Å². The average Bonchev–Trinajstić information content (AvgIpc) is 2.16. The molecule has 0 aromatic heterocycles. The maximum atomic E-state index is 11.0. The highest BCUT2D eigenvalue weighted by Gasteiger charge is 2.30. The van der Waals surface area contributed by atoms with Gasteiger partial charge in [0.05, 0.1) is 5.71 Å². The van der Waals surface area contributed by atoms with Gasteiger partial charge in [-0.15, -0.1) is 0 Å². The van der Waals surface area contributed by atoms with E-state index in [0.29, 0.717) is 0 Å². The standard InChI is InChI=1S/C13H19NO2/c1-9(15)5-6-11-10(2)12(14-16)7-8-13(11,3)4/h5-6,16H,7-8H2,1-4H3/b6-5+,14-12-. The van der Waals surface area contributed by atoms with Crippen molar-refractivity contribution in [1.29, 1.82) is 0 Å². The Labute approximate surface area is 96.5 Å². The van der Waals surface area contributed by atoms with Crippen molar-refractivity contribution >= 4 is 11.5 Å². The first-order chi connectivity index (χ1) is 7.38. The highest BCUT2D eigenvalue weighted by Crippen LogP contribution is 2.39. The summed E-state index contributed by atoms with van der Waals surface area (Å²) in [6, 6.07) is 0. The Kier molecular flexibility index (Phi) is 3.68. The Hall–Kier alpha value is -1.38. The molecule has 0 amide bonds. The van der Waals surface area contributed by atoms with Crippen LogP contribution in [0, 0.1) is 5.41 Å². The number of oxime groups is 1. The Balaban J connectivity index is 3.19. The van der Waals surface area contributed by atoms with E-state index in [4.69, 9.17) is 5.21 Å². The van der Waals surface area contributed by atoms with Gasteiger partial charge in [-0.25, -0.2) is 0 Å². The third-order valence-corrected chi connectivity index (χ3v) is 3.16. The van der Waals surface area contributed by atoms with Crippen LogP contribution in [0.1, 0.15) is 40.5 Å². The summed E-state index contributed by atoms with van der Waals surface area (Å²) in [5.41, 5.74) is 2.82.